The number of hydrogen-bond donors (Lipinski definition) is 3. The highest BCUT2D eigenvalue weighted by Crippen LogP contribution is 2.12. The summed E-state index contributed by atoms with van der Waals surface area (Å²) in [4.78, 5) is 22.2. The molecule has 1 aliphatic rings. The molecule has 1 saturated heterocycles. The van der Waals surface area contributed by atoms with Gasteiger partial charge in [0.25, 0.3) is 0 Å². The molecule has 1 unspecified atom stereocenters. The van der Waals surface area contributed by atoms with Crippen molar-refractivity contribution < 1.29 is 19.4 Å². The number of nitrogens with one attached hydrogen (secondary N) is 2. The lowest BCUT2D eigenvalue weighted by molar-refractivity contribution is -0.136. The van der Waals surface area contributed by atoms with Crippen molar-refractivity contribution >= 4 is 17.7 Å². The lowest BCUT2D eigenvalue weighted by Gasteiger charge is -2.11. The zero-order chi connectivity index (χ0) is 15.1. The molecule has 3 N–H and O–H groups in total. The molecule has 21 heavy (non-hydrogen) atoms. The molecule has 1 fully saturated rings. The third kappa shape index (κ3) is 5.43. The predicted octanol–water partition coefficient (Wildman–Crippen LogP) is 1.86. The maximum absolute atomic E-state index is 11.7. The van der Waals surface area contributed by atoms with Gasteiger partial charge in [-0.25, -0.2) is 4.79 Å². The van der Waals surface area contributed by atoms with Gasteiger partial charge in [-0.05, 0) is 30.5 Å². The Bertz CT molecular complexity index is 481. The number of carboxylic acid groups (broad SMARTS) is 1. The van der Waals surface area contributed by atoms with E-state index >= 15 is 0 Å². The molecule has 1 aromatic rings. The molecule has 0 aromatic heterocycles. The van der Waals surface area contributed by atoms with Crippen molar-refractivity contribution in [3.8, 4) is 0 Å². The van der Waals surface area contributed by atoms with Gasteiger partial charge in [-0.15, -0.1) is 0 Å². The number of rotatable bonds is 6. The average molecular weight is 292 g/mol. The maximum atomic E-state index is 11.7. The van der Waals surface area contributed by atoms with Crippen LogP contribution in [0.25, 0.3) is 0 Å². The van der Waals surface area contributed by atoms with Crippen LogP contribution in [0.15, 0.2) is 24.3 Å². The van der Waals surface area contributed by atoms with Gasteiger partial charge in [-0.2, -0.15) is 0 Å². The van der Waals surface area contributed by atoms with E-state index in [0.717, 1.165) is 18.6 Å². The highest BCUT2D eigenvalue weighted by atomic mass is 16.5. The minimum Gasteiger partial charge on any atom is -0.481 e. The summed E-state index contributed by atoms with van der Waals surface area (Å²) in [6.45, 7) is 2.09. The van der Waals surface area contributed by atoms with Crippen molar-refractivity contribution in [2.45, 2.75) is 19.3 Å². The van der Waals surface area contributed by atoms with E-state index in [1.165, 1.54) is 0 Å². The number of aryl methyl sites for hydroxylation is 1. The van der Waals surface area contributed by atoms with Gasteiger partial charge in [0.2, 0.25) is 0 Å². The standard InChI is InChI=1S/C15H20N2O4/c18-14(19)6-3-11-1-4-13(5-2-11)17-15(20)16-9-12-7-8-21-10-12/h1-2,4-5,12H,3,6-10H2,(H,18,19)(H2,16,17,20). The fraction of sp³-hybridized carbons (Fsp3) is 0.467. The summed E-state index contributed by atoms with van der Waals surface area (Å²) in [5.74, 6) is -0.415. The van der Waals surface area contributed by atoms with E-state index in [2.05, 4.69) is 10.6 Å². The van der Waals surface area contributed by atoms with Gasteiger partial charge in [-0.1, -0.05) is 12.1 Å². The number of benzene rings is 1. The van der Waals surface area contributed by atoms with Crippen LogP contribution in [0.5, 0.6) is 0 Å². The van der Waals surface area contributed by atoms with Gasteiger partial charge < -0.3 is 20.5 Å². The van der Waals surface area contributed by atoms with E-state index in [4.69, 9.17) is 9.84 Å². The van der Waals surface area contributed by atoms with E-state index in [1.54, 1.807) is 12.1 Å². The van der Waals surface area contributed by atoms with Crippen LogP contribution < -0.4 is 10.6 Å². The molecule has 0 radical (unpaired) electrons. The summed E-state index contributed by atoms with van der Waals surface area (Å²) in [6.07, 6.45) is 1.58. The van der Waals surface area contributed by atoms with Crippen molar-refractivity contribution in [3.05, 3.63) is 29.8 Å². The first-order valence-corrected chi connectivity index (χ1v) is 7.07. The second-order valence-corrected chi connectivity index (χ2v) is 5.16. The summed E-state index contributed by atoms with van der Waals surface area (Å²) in [7, 11) is 0. The Kier molecular flexibility index (Phi) is 5.57. The number of ether oxygens (including phenoxy) is 1. The summed E-state index contributed by atoms with van der Waals surface area (Å²) in [5.41, 5.74) is 1.63. The summed E-state index contributed by atoms with van der Waals surface area (Å²) in [6, 6.07) is 6.96. The van der Waals surface area contributed by atoms with E-state index in [9.17, 15) is 9.59 Å². The average Bonchev–Trinajstić information content (AvgIpc) is 2.98. The van der Waals surface area contributed by atoms with E-state index < -0.39 is 5.97 Å². The SMILES string of the molecule is O=C(O)CCc1ccc(NC(=O)NCC2CCOC2)cc1. The molecule has 114 valence electrons. The molecule has 0 saturated carbocycles. The summed E-state index contributed by atoms with van der Waals surface area (Å²) in [5, 5.41) is 14.2. The fourth-order valence-electron chi connectivity index (χ4n) is 2.16. The number of carbonyl (C=O) groups excluding carboxylic acids is 1. The minimum atomic E-state index is -0.813. The number of aliphatic carboxylic acids is 1. The number of hydrogen-bond acceptors (Lipinski definition) is 3. The van der Waals surface area contributed by atoms with Gasteiger partial charge in [0.15, 0.2) is 0 Å². The molecular weight excluding hydrogens is 272 g/mol. The highest BCUT2D eigenvalue weighted by molar-refractivity contribution is 5.89. The summed E-state index contributed by atoms with van der Waals surface area (Å²) < 4.78 is 5.25. The van der Waals surface area contributed by atoms with Crippen molar-refractivity contribution in [2.24, 2.45) is 5.92 Å². The van der Waals surface area contributed by atoms with Crippen LogP contribution in [0.1, 0.15) is 18.4 Å². The number of carbonyl (C=O) groups is 2. The zero-order valence-electron chi connectivity index (χ0n) is 11.8. The van der Waals surface area contributed by atoms with Crippen molar-refractivity contribution in [1.82, 2.24) is 5.32 Å². The lowest BCUT2D eigenvalue weighted by atomic mass is 10.1. The molecule has 2 amide bonds. The van der Waals surface area contributed by atoms with Crippen LogP contribution in [0.3, 0.4) is 0 Å². The van der Waals surface area contributed by atoms with Crippen molar-refractivity contribution in [3.63, 3.8) is 0 Å². The molecule has 0 aliphatic carbocycles. The predicted molar refractivity (Wildman–Crippen MR) is 78.3 cm³/mol. The Labute approximate surface area is 123 Å². The Morgan fingerprint density at radius 3 is 2.67 bits per heavy atom. The molecule has 1 atom stereocenters. The van der Waals surface area contributed by atoms with E-state index in [-0.39, 0.29) is 12.5 Å². The first kappa shape index (κ1) is 15.3. The Morgan fingerprint density at radius 1 is 1.29 bits per heavy atom. The van der Waals surface area contributed by atoms with E-state index in [0.29, 0.717) is 31.2 Å². The Hall–Kier alpha value is -2.08. The zero-order valence-corrected chi connectivity index (χ0v) is 11.8. The van der Waals surface area contributed by atoms with Crippen LogP contribution in [-0.2, 0) is 16.0 Å². The van der Waals surface area contributed by atoms with Crippen LogP contribution in [-0.4, -0.2) is 36.9 Å². The van der Waals surface area contributed by atoms with E-state index in [1.807, 2.05) is 12.1 Å². The molecule has 1 aromatic carbocycles. The fourth-order valence-corrected chi connectivity index (χ4v) is 2.16. The normalized spacial score (nSPS) is 17.4. The van der Waals surface area contributed by atoms with Gasteiger partial charge in [0, 0.05) is 31.2 Å². The number of anilines is 1. The number of urea groups is 1. The van der Waals surface area contributed by atoms with Gasteiger partial charge in [0.1, 0.15) is 0 Å². The molecule has 1 aliphatic heterocycles. The van der Waals surface area contributed by atoms with Crippen LogP contribution in [0, 0.1) is 5.92 Å². The van der Waals surface area contributed by atoms with Gasteiger partial charge in [-0.3, -0.25) is 4.79 Å². The molecule has 0 spiro atoms. The Balaban J connectivity index is 1.73. The molecular formula is C15H20N2O4. The summed E-state index contributed by atoms with van der Waals surface area (Å²) >= 11 is 0. The van der Waals surface area contributed by atoms with Crippen molar-refractivity contribution in [2.75, 3.05) is 25.1 Å². The van der Waals surface area contributed by atoms with Crippen LogP contribution in [0.2, 0.25) is 0 Å². The van der Waals surface area contributed by atoms with Gasteiger partial charge in [0.05, 0.1) is 6.61 Å². The third-order valence-electron chi connectivity index (χ3n) is 3.41. The topological polar surface area (TPSA) is 87.7 Å². The first-order valence-electron chi connectivity index (χ1n) is 7.07. The molecule has 0 bridgehead atoms. The molecule has 2 rings (SSSR count). The van der Waals surface area contributed by atoms with Crippen LogP contribution >= 0.6 is 0 Å². The first-order chi connectivity index (χ1) is 10.1. The third-order valence-corrected chi connectivity index (χ3v) is 3.41. The molecule has 6 nitrogen and oxygen atoms in total. The second-order valence-electron chi connectivity index (χ2n) is 5.16. The van der Waals surface area contributed by atoms with Crippen molar-refractivity contribution in [1.29, 1.82) is 0 Å². The quantitative estimate of drug-likeness (QED) is 0.747. The lowest BCUT2D eigenvalue weighted by Crippen LogP contribution is -2.33. The Morgan fingerprint density at radius 2 is 2.05 bits per heavy atom. The maximum Gasteiger partial charge on any atom is 0.319 e. The smallest absolute Gasteiger partial charge is 0.319 e. The minimum absolute atomic E-state index is 0.108. The van der Waals surface area contributed by atoms with Gasteiger partial charge >= 0.3 is 12.0 Å². The number of amides is 2. The largest absolute Gasteiger partial charge is 0.481 e. The number of carboxylic acids is 1. The molecule has 1 heterocycles. The molecule has 6 heteroatoms. The highest BCUT2D eigenvalue weighted by Gasteiger charge is 2.16. The monoisotopic (exact) mass is 292 g/mol. The second kappa shape index (κ2) is 7.64. The van der Waals surface area contributed by atoms with Crippen LogP contribution in [0.4, 0.5) is 10.5 Å².